The van der Waals surface area contributed by atoms with Crippen LogP contribution >= 0.6 is 0 Å². The summed E-state index contributed by atoms with van der Waals surface area (Å²) in [5.74, 6) is 0.922. The van der Waals surface area contributed by atoms with Gasteiger partial charge in [0.05, 0.1) is 19.3 Å². The second kappa shape index (κ2) is 9.71. The molecular formula is C23H32N4O. The number of anilines is 1. The summed E-state index contributed by atoms with van der Waals surface area (Å²) >= 11 is 0. The van der Waals surface area contributed by atoms with E-state index in [0.717, 1.165) is 31.9 Å². The van der Waals surface area contributed by atoms with Crippen molar-refractivity contribution in [1.29, 1.82) is 0 Å². The average molecular weight is 381 g/mol. The van der Waals surface area contributed by atoms with Crippen molar-refractivity contribution in [2.75, 3.05) is 25.0 Å². The van der Waals surface area contributed by atoms with Crippen LogP contribution in [0.25, 0.3) is 0 Å². The zero-order valence-electron chi connectivity index (χ0n) is 17.2. The minimum absolute atomic E-state index is 0.307. The summed E-state index contributed by atoms with van der Waals surface area (Å²) in [6, 6.07) is 16.9. The molecule has 5 heteroatoms. The summed E-state index contributed by atoms with van der Waals surface area (Å²) in [7, 11) is 0. The normalized spacial score (nSPS) is 18.4. The Morgan fingerprint density at radius 2 is 2.00 bits per heavy atom. The van der Waals surface area contributed by atoms with E-state index in [4.69, 9.17) is 10.5 Å². The maximum Gasteiger partial charge on any atom is 0.193 e. The second-order valence-corrected chi connectivity index (χ2v) is 7.84. The third-order valence-corrected chi connectivity index (χ3v) is 4.98. The summed E-state index contributed by atoms with van der Waals surface area (Å²) in [4.78, 5) is 6.95. The van der Waals surface area contributed by atoms with Crippen LogP contribution in [-0.2, 0) is 17.8 Å². The molecule has 0 aromatic heterocycles. The van der Waals surface area contributed by atoms with Crippen LogP contribution in [0.3, 0.4) is 0 Å². The maximum absolute atomic E-state index is 6.10. The minimum atomic E-state index is 0.307. The monoisotopic (exact) mass is 380 g/mol. The zero-order chi connectivity index (χ0) is 19.9. The predicted molar refractivity (Wildman–Crippen MR) is 117 cm³/mol. The van der Waals surface area contributed by atoms with Gasteiger partial charge in [0.25, 0.3) is 0 Å². The largest absolute Gasteiger partial charge is 0.376 e. The van der Waals surface area contributed by atoms with Crippen LogP contribution in [0.2, 0.25) is 0 Å². The van der Waals surface area contributed by atoms with Crippen molar-refractivity contribution in [3.63, 3.8) is 0 Å². The number of aliphatic imine (C=N–C) groups is 1. The van der Waals surface area contributed by atoms with Crippen molar-refractivity contribution >= 4 is 11.6 Å². The van der Waals surface area contributed by atoms with Gasteiger partial charge in [0, 0.05) is 25.3 Å². The highest BCUT2D eigenvalue weighted by atomic mass is 16.5. The number of nitrogens with two attached hydrogens (primary N) is 1. The Morgan fingerprint density at radius 3 is 2.79 bits per heavy atom. The van der Waals surface area contributed by atoms with Gasteiger partial charge in [-0.2, -0.15) is 0 Å². The third-order valence-electron chi connectivity index (χ3n) is 4.98. The van der Waals surface area contributed by atoms with Crippen LogP contribution in [0.1, 0.15) is 43.4 Å². The molecule has 0 spiro atoms. The smallest absolute Gasteiger partial charge is 0.193 e. The first-order chi connectivity index (χ1) is 13.5. The van der Waals surface area contributed by atoms with Crippen LogP contribution in [0.5, 0.6) is 0 Å². The number of ether oxygens (including phenoxy) is 1. The number of hydrogen-bond acceptors (Lipinski definition) is 3. The maximum atomic E-state index is 6.10. The van der Waals surface area contributed by atoms with Gasteiger partial charge in [0.2, 0.25) is 0 Å². The summed E-state index contributed by atoms with van der Waals surface area (Å²) in [5, 5.41) is 3.20. The lowest BCUT2D eigenvalue weighted by molar-refractivity contribution is -0.0212. The molecule has 0 bridgehead atoms. The van der Waals surface area contributed by atoms with Crippen molar-refractivity contribution in [3.8, 4) is 0 Å². The SMILES string of the molecule is CC1CN(Cc2cccc(CN=C(N)Nc3cccc(C(C)C)c3)c2)CCO1. The van der Waals surface area contributed by atoms with Gasteiger partial charge in [0.15, 0.2) is 5.96 Å². The molecule has 1 aliphatic rings. The molecular weight excluding hydrogens is 348 g/mol. The summed E-state index contributed by atoms with van der Waals surface area (Å²) in [6.45, 7) is 10.8. The Labute approximate surface area is 168 Å². The van der Waals surface area contributed by atoms with E-state index in [1.807, 2.05) is 12.1 Å². The number of hydrogen-bond donors (Lipinski definition) is 2. The standard InChI is InChI=1S/C23H32N4O/c1-17(2)21-8-5-9-22(13-21)26-23(24)25-14-19-6-4-7-20(12-19)16-27-10-11-28-18(3)15-27/h4-9,12-13,17-18H,10-11,14-16H2,1-3H3,(H3,24,25,26). The molecule has 0 saturated carbocycles. The molecule has 150 valence electrons. The van der Waals surface area contributed by atoms with Gasteiger partial charge in [-0.25, -0.2) is 4.99 Å². The number of morpholine rings is 1. The first-order valence-electron chi connectivity index (χ1n) is 10.1. The topological polar surface area (TPSA) is 62.9 Å². The van der Waals surface area contributed by atoms with Gasteiger partial charge in [-0.15, -0.1) is 0 Å². The lowest BCUT2D eigenvalue weighted by Gasteiger charge is -2.31. The fraction of sp³-hybridized carbons (Fsp3) is 0.435. The third kappa shape index (κ3) is 6.08. The van der Waals surface area contributed by atoms with E-state index in [9.17, 15) is 0 Å². The Hall–Kier alpha value is -2.37. The predicted octanol–water partition coefficient (Wildman–Crippen LogP) is 3.96. The van der Waals surface area contributed by atoms with Crippen molar-refractivity contribution < 1.29 is 4.74 Å². The van der Waals surface area contributed by atoms with E-state index in [1.54, 1.807) is 0 Å². The first-order valence-corrected chi connectivity index (χ1v) is 10.1. The fourth-order valence-corrected chi connectivity index (χ4v) is 3.46. The first kappa shape index (κ1) is 20.4. The molecule has 28 heavy (non-hydrogen) atoms. The molecule has 1 saturated heterocycles. The van der Waals surface area contributed by atoms with Gasteiger partial charge in [-0.3, -0.25) is 4.90 Å². The minimum Gasteiger partial charge on any atom is -0.376 e. The number of guanidine groups is 1. The number of nitrogens with zero attached hydrogens (tertiary/aromatic N) is 2. The van der Waals surface area contributed by atoms with Crippen LogP contribution in [0.15, 0.2) is 53.5 Å². The number of benzene rings is 2. The van der Waals surface area contributed by atoms with Crippen molar-refractivity contribution in [3.05, 3.63) is 65.2 Å². The molecule has 2 aromatic rings. The van der Waals surface area contributed by atoms with Gasteiger partial charge in [-0.1, -0.05) is 50.2 Å². The molecule has 1 unspecified atom stereocenters. The van der Waals surface area contributed by atoms with E-state index >= 15 is 0 Å². The van der Waals surface area contributed by atoms with Crippen molar-refractivity contribution in [1.82, 2.24) is 4.90 Å². The molecule has 3 N–H and O–H groups in total. The Kier molecular flexibility index (Phi) is 7.06. The van der Waals surface area contributed by atoms with Crippen LogP contribution in [0, 0.1) is 0 Å². The molecule has 0 aliphatic carbocycles. The Bertz CT molecular complexity index is 803. The molecule has 2 aromatic carbocycles. The molecule has 1 aliphatic heterocycles. The number of rotatable bonds is 6. The Morgan fingerprint density at radius 1 is 1.21 bits per heavy atom. The zero-order valence-corrected chi connectivity index (χ0v) is 17.2. The highest BCUT2D eigenvalue weighted by Crippen LogP contribution is 2.18. The summed E-state index contributed by atoms with van der Waals surface area (Å²) < 4.78 is 5.62. The van der Waals surface area contributed by atoms with Crippen LogP contribution in [-0.4, -0.2) is 36.7 Å². The van der Waals surface area contributed by atoms with Crippen LogP contribution < -0.4 is 11.1 Å². The molecule has 0 radical (unpaired) electrons. The summed E-state index contributed by atoms with van der Waals surface area (Å²) in [6.07, 6.45) is 0.307. The van der Waals surface area contributed by atoms with Gasteiger partial charge in [-0.05, 0) is 41.7 Å². The van der Waals surface area contributed by atoms with E-state index in [0.29, 0.717) is 24.5 Å². The molecule has 1 atom stereocenters. The molecule has 5 nitrogen and oxygen atoms in total. The van der Waals surface area contributed by atoms with E-state index in [-0.39, 0.29) is 0 Å². The molecule has 1 heterocycles. The van der Waals surface area contributed by atoms with E-state index < -0.39 is 0 Å². The highest BCUT2D eigenvalue weighted by molar-refractivity contribution is 5.92. The van der Waals surface area contributed by atoms with Gasteiger partial charge < -0.3 is 15.8 Å². The van der Waals surface area contributed by atoms with E-state index in [2.05, 4.69) is 72.4 Å². The molecule has 1 fully saturated rings. The molecule has 0 amide bonds. The van der Waals surface area contributed by atoms with Crippen LogP contribution in [0.4, 0.5) is 5.69 Å². The highest BCUT2D eigenvalue weighted by Gasteiger charge is 2.16. The lowest BCUT2D eigenvalue weighted by Crippen LogP contribution is -2.40. The quantitative estimate of drug-likeness (QED) is 0.588. The van der Waals surface area contributed by atoms with E-state index in [1.165, 1.54) is 16.7 Å². The molecule has 3 rings (SSSR count). The van der Waals surface area contributed by atoms with Crippen molar-refractivity contribution in [2.24, 2.45) is 10.7 Å². The van der Waals surface area contributed by atoms with Crippen molar-refractivity contribution in [2.45, 2.75) is 45.9 Å². The Balaban J connectivity index is 1.58. The van der Waals surface area contributed by atoms with Gasteiger partial charge >= 0.3 is 0 Å². The number of nitrogens with one attached hydrogen (secondary N) is 1. The summed E-state index contributed by atoms with van der Waals surface area (Å²) in [5.41, 5.74) is 10.8. The fourth-order valence-electron chi connectivity index (χ4n) is 3.46. The van der Waals surface area contributed by atoms with Gasteiger partial charge in [0.1, 0.15) is 0 Å². The lowest BCUT2D eigenvalue weighted by atomic mass is 10.0. The average Bonchev–Trinajstić information content (AvgIpc) is 2.67. The second-order valence-electron chi connectivity index (χ2n) is 7.84.